The summed E-state index contributed by atoms with van der Waals surface area (Å²) >= 11 is 0. The Morgan fingerprint density at radius 1 is 1.16 bits per heavy atom. The molecule has 4 rings (SSSR count). The van der Waals surface area contributed by atoms with Crippen LogP contribution in [0.1, 0.15) is 11.3 Å². The van der Waals surface area contributed by atoms with Gasteiger partial charge < -0.3 is 20.4 Å². The van der Waals surface area contributed by atoms with Gasteiger partial charge in [-0.3, -0.25) is 4.57 Å². The predicted molar refractivity (Wildman–Crippen MR) is 118 cm³/mol. The van der Waals surface area contributed by atoms with E-state index in [1.165, 1.54) is 22.8 Å². The summed E-state index contributed by atoms with van der Waals surface area (Å²) in [6.07, 6.45) is 3.15. The first-order chi connectivity index (χ1) is 15.5. The number of carbonyl (C=O) groups is 1. The first-order valence-electron chi connectivity index (χ1n) is 9.80. The van der Waals surface area contributed by atoms with E-state index in [4.69, 9.17) is 4.74 Å². The zero-order chi connectivity index (χ0) is 22.5. The Balaban J connectivity index is 1.47. The van der Waals surface area contributed by atoms with E-state index in [1.54, 1.807) is 61.8 Å². The van der Waals surface area contributed by atoms with Crippen molar-refractivity contribution < 1.29 is 13.9 Å². The fourth-order valence-electron chi connectivity index (χ4n) is 3.16. The molecule has 3 N–H and O–H groups in total. The lowest BCUT2D eigenvalue weighted by Crippen LogP contribution is -2.29. The highest BCUT2D eigenvalue weighted by molar-refractivity contribution is 5.91. The lowest BCUT2D eigenvalue weighted by Gasteiger charge is -2.14. The van der Waals surface area contributed by atoms with Crippen molar-refractivity contribution in [3.8, 4) is 17.3 Å². The van der Waals surface area contributed by atoms with Gasteiger partial charge in [0.15, 0.2) is 0 Å². The van der Waals surface area contributed by atoms with E-state index in [1.807, 2.05) is 0 Å². The van der Waals surface area contributed by atoms with Crippen molar-refractivity contribution in [1.82, 2.24) is 19.9 Å². The molecule has 2 heterocycles. The van der Waals surface area contributed by atoms with Crippen LogP contribution in [-0.2, 0) is 6.54 Å². The Hall–Kier alpha value is -4.40. The average molecular weight is 433 g/mol. The number of hydrogen-bond acceptors (Lipinski definition) is 4. The van der Waals surface area contributed by atoms with E-state index in [2.05, 4.69) is 20.6 Å². The van der Waals surface area contributed by atoms with Crippen LogP contribution >= 0.6 is 0 Å². The van der Waals surface area contributed by atoms with Crippen LogP contribution < -0.4 is 21.1 Å². The number of pyridine rings is 1. The molecule has 0 aliphatic rings. The lowest BCUT2D eigenvalue weighted by molar-refractivity contribution is 0.251. The Morgan fingerprint density at radius 3 is 2.78 bits per heavy atom. The van der Waals surface area contributed by atoms with Crippen molar-refractivity contribution in [1.29, 1.82) is 0 Å². The van der Waals surface area contributed by atoms with Crippen molar-refractivity contribution in [2.24, 2.45) is 0 Å². The summed E-state index contributed by atoms with van der Waals surface area (Å²) < 4.78 is 20.6. The fraction of sp³-hybridized carbons (Fsp3) is 0.0870. The number of rotatable bonds is 6. The SMILES string of the molecule is Cc1c[nH]c(=O)n1-c1ccccc1NC(=O)NCc1cccnc1Oc1cccc(F)c1. The maximum absolute atomic E-state index is 13.4. The van der Waals surface area contributed by atoms with Gasteiger partial charge in [-0.05, 0) is 37.3 Å². The first-order valence-corrected chi connectivity index (χ1v) is 9.80. The number of hydrogen-bond donors (Lipinski definition) is 3. The van der Waals surface area contributed by atoms with Crippen molar-refractivity contribution in [2.45, 2.75) is 13.5 Å². The summed E-state index contributed by atoms with van der Waals surface area (Å²) in [6.45, 7) is 1.91. The number of aromatic nitrogens is 3. The molecule has 0 saturated carbocycles. The molecule has 0 aliphatic heterocycles. The summed E-state index contributed by atoms with van der Waals surface area (Å²) in [4.78, 5) is 31.5. The van der Waals surface area contributed by atoms with Crippen LogP contribution in [0, 0.1) is 12.7 Å². The highest BCUT2D eigenvalue weighted by atomic mass is 19.1. The van der Waals surface area contributed by atoms with Crippen LogP contribution in [0.25, 0.3) is 5.69 Å². The first kappa shape index (κ1) is 20.9. The van der Waals surface area contributed by atoms with Gasteiger partial charge in [0.05, 0.1) is 11.4 Å². The number of imidazole rings is 1. The molecule has 2 amide bonds. The largest absolute Gasteiger partial charge is 0.439 e. The van der Waals surface area contributed by atoms with Crippen LogP contribution in [-0.4, -0.2) is 20.6 Å². The summed E-state index contributed by atoms with van der Waals surface area (Å²) in [5.41, 5.74) is 2.03. The van der Waals surface area contributed by atoms with Crippen LogP contribution in [0.4, 0.5) is 14.9 Å². The highest BCUT2D eigenvalue weighted by Gasteiger charge is 2.13. The van der Waals surface area contributed by atoms with Crippen LogP contribution in [0.15, 0.2) is 77.9 Å². The summed E-state index contributed by atoms with van der Waals surface area (Å²) in [7, 11) is 0. The third kappa shape index (κ3) is 4.67. The van der Waals surface area contributed by atoms with Gasteiger partial charge in [0.2, 0.25) is 5.88 Å². The van der Waals surface area contributed by atoms with Crippen molar-refractivity contribution in [2.75, 3.05) is 5.32 Å². The summed E-state index contributed by atoms with van der Waals surface area (Å²) in [6, 6.07) is 15.7. The molecule has 0 unspecified atom stereocenters. The molecular formula is C23H20FN5O3. The summed E-state index contributed by atoms with van der Waals surface area (Å²) in [5.74, 6) is 0.136. The molecular weight excluding hydrogens is 413 g/mol. The number of aromatic amines is 1. The number of urea groups is 1. The maximum atomic E-state index is 13.4. The topological polar surface area (TPSA) is 101 Å². The Kier molecular flexibility index (Phi) is 5.98. The summed E-state index contributed by atoms with van der Waals surface area (Å²) in [5, 5.41) is 5.51. The van der Waals surface area contributed by atoms with Gasteiger partial charge in [0.25, 0.3) is 0 Å². The van der Waals surface area contributed by atoms with Gasteiger partial charge in [0, 0.05) is 36.3 Å². The van der Waals surface area contributed by atoms with Gasteiger partial charge in [-0.2, -0.15) is 0 Å². The number of amides is 2. The average Bonchev–Trinajstić information content (AvgIpc) is 3.11. The number of aryl methyl sites for hydroxylation is 1. The van der Waals surface area contributed by atoms with Gasteiger partial charge in [0.1, 0.15) is 11.6 Å². The van der Waals surface area contributed by atoms with Crippen LogP contribution in [0.3, 0.4) is 0 Å². The van der Waals surface area contributed by atoms with Gasteiger partial charge in [-0.15, -0.1) is 0 Å². The van der Waals surface area contributed by atoms with Crippen molar-refractivity contribution in [3.63, 3.8) is 0 Å². The number of ether oxygens (including phenoxy) is 1. The quantitative estimate of drug-likeness (QED) is 0.426. The van der Waals surface area contributed by atoms with Gasteiger partial charge >= 0.3 is 11.7 Å². The van der Waals surface area contributed by atoms with E-state index in [0.29, 0.717) is 28.4 Å². The number of halogens is 1. The molecule has 8 nitrogen and oxygen atoms in total. The molecule has 32 heavy (non-hydrogen) atoms. The van der Waals surface area contributed by atoms with E-state index in [-0.39, 0.29) is 18.1 Å². The second-order valence-corrected chi connectivity index (χ2v) is 6.92. The number of carbonyl (C=O) groups excluding carboxylic acids is 1. The number of H-pyrrole nitrogens is 1. The number of nitrogens with zero attached hydrogens (tertiary/aromatic N) is 2. The molecule has 0 saturated heterocycles. The lowest BCUT2D eigenvalue weighted by atomic mass is 10.2. The molecule has 0 bridgehead atoms. The molecule has 2 aromatic heterocycles. The molecule has 9 heteroatoms. The second kappa shape index (κ2) is 9.17. The third-order valence-electron chi connectivity index (χ3n) is 4.65. The fourth-order valence-corrected chi connectivity index (χ4v) is 3.16. The molecule has 0 radical (unpaired) electrons. The van der Waals surface area contributed by atoms with Gasteiger partial charge in [-0.25, -0.2) is 19.0 Å². The number of nitrogens with one attached hydrogen (secondary N) is 3. The van der Waals surface area contributed by atoms with E-state index in [0.717, 1.165) is 0 Å². The van der Waals surface area contributed by atoms with E-state index in [9.17, 15) is 14.0 Å². The minimum atomic E-state index is -0.473. The smallest absolute Gasteiger partial charge is 0.330 e. The molecule has 0 spiro atoms. The third-order valence-corrected chi connectivity index (χ3v) is 4.65. The Morgan fingerprint density at radius 2 is 2.00 bits per heavy atom. The number of para-hydroxylation sites is 2. The number of benzene rings is 2. The van der Waals surface area contributed by atoms with E-state index < -0.39 is 11.8 Å². The monoisotopic (exact) mass is 433 g/mol. The zero-order valence-electron chi connectivity index (χ0n) is 17.1. The maximum Gasteiger partial charge on any atom is 0.330 e. The number of anilines is 1. The Bertz CT molecular complexity index is 1310. The van der Waals surface area contributed by atoms with E-state index >= 15 is 0 Å². The second-order valence-electron chi connectivity index (χ2n) is 6.92. The standard InChI is InChI=1S/C23H20FN5O3/c1-15-13-27-23(31)29(15)20-10-3-2-9-19(20)28-22(30)26-14-16-6-5-11-25-21(16)32-18-8-4-7-17(24)12-18/h2-13H,14H2,1H3,(H,27,31)(H2,26,28,30). The minimum Gasteiger partial charge on any atom is -0.439 e. The highest BCUT2D eigenvalue weighted by Crippen LogP contribution is 2.24. The predicted octanol–water partition coefficient (Wildman–Crippen LogP) is 4.12. The molecule has 0 atom stereocenters. The minimum absolute atomic E-state index is 0.121. The van der Waals surface area contributed by atoms with Crippen molar-refractivity contribution in [3.05, 3.63) is 101 Å². The van der Waals surface area contributed by atoms with Gasteiger partial charge in [-0.1, -0.05) is 24.3 Å². The van der Waals surface area contributed by atoms with Crippen molar-refractivity contribution >= 4 is 11.7 Å². The molecule has 0 fully saturated rings. The molecule has 2 aromatic carbocycles. The van der Waals surface area contributed by atoms with Crippen LogP contribution in [0.5, 0.6) is 11.6 Å². The molecule has 0 aliphatic carbocycles. The zero-order valence-corrected chi connectivity index (χ0v) is 17.1. The molecule has 4 aromatic rings. The Labute approximate surface area is 182 Å². The normalized spacial score (nSPS) is 10.6. The molecule has 162 valence electrons. The van der Waals surface area contributed by atoms with Crippen LogP contribution in [0.2, 0.25) is 0 Å².